The van der Waals surface area contributed by atoms with E-state index in [1.54, 1.807) is 49.1 Å². The fraction of sp³-hybridized carbons (Fsp3) is 0.222. The summed E-state index contributed by atoms with van der Waals surface area (Å²) < 4.78 is 15.0. The zero-order chi connectivity index (χ0) is 24.5. The molecule has 3 aromatic carbocycles. The van der Waals surface area contributed by atoms with Gasteiger partial charge in [-0.15, -0.1) is 0 Å². The first kappa shape index (κ1) is 23.6. The van der Waals surface area contributed by atoms with Crippen LogP contribution in [-0.2, 0) is 17.9 Å². The number of hydrogen-bond acceptors (Lipinski definition) is 3. The molecule has 0 bridgehead atoms. The summed E-state index contributed by atoms with van der Waals surface area (Å²) in [6, 6.07) is 20.1. The average Bonchev–Trinajstić information content (AvgIpc) is 2.99. The van der Waals surface area contributed by atoms with Crippen LogP contribution in [0.5, 0.6) is 0 Å². The van der Waals surface area contributed by atoms with Crippen molar-refractivity contribution in [1.82, 2.24) is 5.32 Å². The van der Waals surface area contributed by atoms with E-state index in [-0.39, 0.29) is 16.8 Å². The van der Waals surface area contributed by atoms with E-state index in [2.05, 4.69) is 10.2 Å². The molecule has 34 heavy (non-hydrogen) atoms. The van der Waals surface area contributed by atoms with Gasteiger partial charge in [0.1, 0.15) is 11.4 Å². The van der Waals surface area contributed by atoms with Crippen LogP contribution in [0.15, 0.2) is 66.7 Å². The minimum absolute atomic E-state index is 0.207. The molecule has 1 amide bonds. The number of rotatable bonds is 6. The number of anilines is 2. The van der Waals surface area contributed by atoms with Crippen molar-refractivity contribution in [2.75, 3.05) is 9.80 Å². The minimum Gasteiger partial charge on any atom is -0.309 e. The Hall–Kier alpha value is -3.60. The van der Waals surface area contributed by atoms with Gasteiger partial charge in [-0.3, -0.25) is 9.69 Å². The van der Waals surface area contributed by atoms with Crippen LogP contribution in [0.25, 0.3) is 4.85 Å². The lowest BCUT2D eigenvalue weighted by Gasteiger charge is -2.29. The number of carbonyl (C=O) groups excluding carboxylic acids is 1. The van der Waals surface area contributed by atoms with Gasteiger partial charge in [-0.2, -0.15) is 0 Å². The van der Waals surface area contributed by atoms with E-state index in [1.165, 1.54) is 11.0 Å². The summed E-state index contributed by atoms with van der Waals surface area (Å²) >= 11 is 5.69. The Balaban J connectivity index is 1.56. The SMILES string of the molecule is [C-]#[N+]c1ccc(N2C(=O)C(C)(C)N(c3ccc(CNCc4ccccc4)c(F)c3)C2=S)cc1C. The summed E-state index contributed by atoms with van der Waals surface area (Å²) in [5.41, 5.74) is 3.07. The summed E-state index contributed by atoms with van der Waals surface area (Å²) in [6.07, 6.45) is 0. The highest BCUT2D eigenvalue weighted by Gasteiger charge is 2.50. The Labute approximate surface area is 204 Å². The lowest BCUT2D eigenvalue weighted by molar-refractivity contribution is -0.120. The Morgan fingerprint density at radius 2 is 1.74 bits per heavy atom. The molecule has 0 spiro atoms. The number of aryl methyl sites for hydroxylation is 1. The maximum Gasteiger partial charge on any atom is 0.259 e. The molecule has 7 heteroatoms. The highest BCUT2D eigenvalue weighted by atomic mass is 32.1. The van der Waals surface area contributed by atoms with Crippen LogP contribution in [0.3, 0.4) is 0 Å². The van der Waals surface area contributed by atoms with Gasteiger partial charge < -0.3 is 10.2 Å². The fourth-order valence-electron chi connectivity index (χ4n) is 4.12. The van der Waals surface area contributed by atoms with Crippen molar-refractivity contribution in [3.63, 3.8) is 0 Å². The molecular formula is C27H25FN4OS. The first-order valence-corrected chi connectivity index (χ1v) is 11.3. The molecule has 0 atom stereocenters. The zero-order valence-corrected chi connectivity index (χ0v) is 20.1. The van der Waals surface area contributed by atoms with Gasteiger partial charge in [-0.25, -0.2) is 9.24 Å². The van der Waals surface area contributed by atoms with E-state index in [1.807, 2.05) is 37.3 Å². The molecule has 0 unspecified atom stereocenters. The summed E-state index contributed by atoms with van der Waals surface area (Å²) in [5, 5.41) is 3.54. The molecule has 1 aliphatic rings. The molecule has 5 nitrogen and oxygen atoms in total. The number of carbonyl (C=O) groups is 1. The molecule has 0 saturated carbocycles. The number of hydrogen-bond donors (Lipinski definition) is 1. The number of thiocarbonyl (C=S) groups is 1. The van der Waals surface area contributed by atoms with Gasteiger partial charge in [-0.05, 0) is 68.4 Å². The third-order valence-corrected chi connectivity index (χ3v) is 6.37. The van der Waals surface area contributed by atoms with Crippen LogP contribution in [0.1, 0.15) is 30.5 Å². The maximum atomic E-state index is 15.0. The first-order chi connectivity index (χ1) is 16.2. The fourth-order valence-corrected chi connectivity index (χ4v) is 4.64. The monoisotopic (exact) mass is 472 g/mol. The number of nitrogens with one attached hydrogen (secondary N) is 1. The normalized spacial score (nSPS) is 15.0. The van der Waals surface area contributed by atoms with Gasteiger partial charge in [0.15, 0.2) is 10.8 Å². The Morgan fingerprint density at radius 1 is 1.03 bits per heavy atom. The van der Waals surface area contributed by atoms with Crippen molar-refractivity contribution >= 4 is 40.3 Å². The second-order valence-electron chi connectivity index (χ2n) is 8.77. The molecule has 1 N–H and O–H groups in total. The van der Waals surface area contributed by atoms with Gasteiger partial charge in [0, 0.05) is 30.0 Å². The van der Waals surface area contributed by atoms with Gasteiger partial charge >= 0.3 is 0 Å². The highest BCUT2D eigenvalue weighted by Crippen LogP contribution is 2.38. The Kier molecular flexibility index (Phi) is 6.47. The highest BCUT2D eigenvalue weighted by molar-refractivity contribution is 7.81. The molecule has 4 rings (SSSR count). The van der Waals surface area contributed by atoms with Crippen molar-refractivity contribution in [3.05, 3.63) is 101 Å². The largest absolute Gasteiger partial charge is 0.309 e. The molecule has 1 fully saturated rings. The first-order valence-electron chi connectivity index (χ1n) is 10.9. The van der Waals surface area contributed by atoms with E-state index in [4.69, 9.17) is 18.8 Å². The standard InChI is InChI=1S/C27H25FN4OS/c1-18-14-21(12-13-24(18)29-4)31-25(33)27(2,3)32(26(31)34)22-11-10-20(23(28)15-22)17-30-16-19-8-6-5-7-9-19/h5-15,30H,16-17H2,1-3H3. The smallest absolute Gasteiger partial charge is 0.259 e. The van der Waals surface area contributed by atoms with Crippen LogP contribution in [0, 0.1) is 19.3 Å². The molecule has 0 aromatic heterocycles. The van der Waals surface area contributed by atoms with Crippen LogP contribution in [-0.4, -0.2) is 16.6 Å². The van der Waals surface area contributed by atoms with E-state index in [9.17, 15) is 4.79 Å². The minimum atomic E-state index is -0.997. The van der Waals surface area contributed by atoms with Crippen molar-refractivity contribution < 1.29 is 9.18 Å². The Morgan fingerprint density at radius 3 is 2.38 bits per heavy atom. The van der Waals surface area contributed by atoms with E-state index in [0.717, 1.165) is 11.1 Å². The average molecular weight is 473 g/mol. The van der Waals surface area contributed by atoms with E-state index in [0.29, 0.717) is 35.7 Å². The van der Waals surface area contributed by atoms with Gasteiger partial charge in [0.05, 0.1) is 6.57 Å². The van der Waals surface area contributed by atoms with Gasteiger partial charge in [0.25, 0.3) is 5.91 Å². The third kappa shape index (κ3) is 4.30. The molecular weight excluding hydrogens is 447 g/mol. The number of halogens is 1. The topological polar surface area (TPSA) is 39.9 Å². The predicted octanol–water partition coefficient (Wildman–Crippen LogP) is 5.89. The van der Waals surface area contributed by atoms with E-state index >= 15 is 4.39 Å². The van der Waals surface area contributed by atoms with Gasteiger partial charge in [-0.1, -0.05) is 42.5 Å². The molecule has 1 heterocycles. The zero-order valence-electron chi connectivity index (χ0n) is 19.3. The second-order valence-corrected chi connectivity index (χ2v) is 9.13. The summed E-state index contributed by atoms with van der Waals surface area (Å²) in [4.78, 5) is 20.0. The van der Waals surface area contributed by atoms with Crippen LogP contribution >= 0.6 is 12.2 Å². The van der Waals surface area contributed by atoms with Crippen LogP contribution in [0.2, 0.25) is 0 Å². The second kappa shape index (κ2) is 9.34. The predicted molar refractivity (Wildman–Crippen MR) is 137 cm³/mol. The van der Waals surface area contributed by atoms with Crippen LogP contribution < -0.4 is 15.1 Å². The molecule has 0 aliphatic carbocycles. The van der Waals surface area contributed by atoms with Crippen molar-refractivity contribution in [1.29, 1.82) is 0 Å². The van der Waals surface area contributed by atoms with Crippen molar-refractivity contribution in [2.24, 2.45) is 0 Å². The number of benzene rings is 3. The quantitative estimate of drug-likeness (QED) is 0.359. The number of amides is 1. The molecule has 0 radical (unpaired) electrons. The molecule has 1 aliphatic heterocycles. The van der Waals surface area contributed by atoms with E-state index < -0.39 is 5.54 Å². The summed E-state index contributed by atoms with van der Waals surface area (Å²) in [5.74, 6) is -0.568. The van der Waals surface area contributed by atoms with Crippen molar-refractivity contribution in [3.8, 4) is 0 Å². The maximum absolute atomic E-state index is 15.0. The van der Waals surface area contributed by atoms with Crippen molar-refractivity contribution in [2.45, 2.75) is 39.4 Å². The lowest BCUT2D eigenvalue weighted by Crippen LogP contribution is -2.44. The lowest BCUT2D eigenvalue weighted by atomic mass is 10.0. The third-order valence-electron chi connectivity index (χ3n) is 6.01. The summed E-state index contributed by atoms with van der Waals surface area (Å²) in [7, 11) is 0. The molecule has 3 aromatic rings. The Bertz CT molecular complexity index is 1300. The molecule has 172 valence electrons. The molecule has 1 saturated heterocycles. The number of nitrogens with zero attached hydrogens (tertiary/aromatic N) is 3. The van der Waals surface area contributed by atoms with Crippen LogP contribution in [0.4, 0.5) is 21.5 Å². The summed E-state index contributed by atoms with van der Waals surface area (Å²) in [6.45, 7) is 13.6. The van der Waals surface area contributed by atoms with Gasteiger partial charge in [0.2, 0.25) is 0 Å².